The van der Waals surface area contributed by atoms with Crippen LogP contribution < -0.4 is 16.4 Å². The number of nitrogens with zero attached hydrogens (tertiary/aromatic N) is 1. The molecule has 0 aliphatic carbocycles. The molecule has 2 atom stereocenters. The zero-order valence-corrected chi connectivity index (χ0v) is 9.06. The molecule has 1 unspecified atom stereocenters. The summed E-state index contributed by atoms with van der Waals surface area (Å²) in [6.07, 6.45) is 0.996. The standard InChI is InChI=1S/C9H16N4O3/c1-5-7(14)13-9(12-5)11-4-2-3-6(10)8(15)16/h5-6H,2-4,10H2,1H3,(H,15,16)(H2,11,12,13,14)/t5?,6-/m1/s1. The maximum Gasteiger partial charge on any atom is 0.320 e. The average molecular weight is 228 g/mol. The number of aliphatic imine (C=N–C) groups is 1. The van der Waals surface area contributed by atoms with Gasteiger partial charge >= 0.3 is 5.97 Å². The van der Waals surface area contributed by atoms with Crippen LogP contribution in [-0.2, 0) is 9.59 Å². The third-order valence-electron chi connectivity index (χ3n) is 2.25. The van der Waals surface area contributed by atoms with Crippen molar-refractivity contribution in [1.29, 1.82) is 0 Å². The van der Waals surface area contributed by atoms with Gasteiger partial charge in [-0.1, -0.05) is 0 Å². The van der Waals surface area contributed by atoms with Crippen LogP contribution in [0.25, 0.3) is 0 Å². The van der Waals surface area contributed by atoms with E-state index in [0.717, 1.165) is 0 Å². The fourth-order valence-corrected chi connectivity index (χ4v) is 1.25. The number of carboxylic acids is 1. The lowest BCUT2D eigenvalue weighted by molar-refractivity contribution is -0.138. The molecule has 90 valence electrons. The fourth-order valence-electron chi connectivity index (χ4n) is 1.25. The number of aliphatic carboxylic acids is 1. The van der Waals surface area contributed by atoms with Gasteiger partial charge < -0.3 is 21.5 Å². The predicted octanol–water partition coefficient (Wildman–Crippen LogP) is -1.36. The molecule has 0 fully saturated rings. The molecule has 7 nitrogen and oxygen atoms in total. The SMILES string of the molecule is CC1NC(NCCC[C@@H](N)C(=O)O)=NC1=O. The fraction of sp³-hybridized carbons (Fsp3) is 0.667. The molecule has 5 N–H and O–H groups in total. The molecule has 16 heavy (non-hydrogen) atoms. The lowest BCUT2D eigenvalue weighted by Crippen LogP contribution is -2.39. The summed E-state index contributed by atoms with van der Waals surface area (Å²) >= 11 is 0. The number of nitrogens with two attached hydrogens (primary N) is 1. The van der Waals surface area contributed by atoms with Crippen molar-refractivity contribution in [3.05, 3.63) is 0 Å². The summed E-state index contributed by atoms with van der Waals surface area (Å²) in [5.41, 5.74) is 5.33. The van der Waals surface area contributed by atoms with Crippen molar-refractivity contribution in [2.24, 2.45) is 10.7 Å². The van der Waals surface area contributed by atoms with Gasteiger partial charge in [-0.3, -0.25) is 9.59 Å². The minimum Gasteiger partial charge on any atom is -0.480 e. The Morgan fingerprint density at radius 2 is 2.44 bits per heavy atom. The Labute approximate surface area is 93.1 Å². The predicted molar refractivity (Wildman–Crippen MR) is 57.9 cm³/mol. The van der Waals surface area contributed by atoms with Gasteiger partial charge in [-0.25, -0.2) is 0 Å². The third kappa shape index (κ3) is 3.50. The highest BCUT2D eigenvalue weighted by molar-refractivity contribution is 6.02. The highest BCUT2D eigenvalue weighted by Crippen LogP contribution is 1.97. The molecular weight excluding hydrogens is 212 g/mol. The van der Waals surface area contributed by atoms with Gasteiger partial charge in [0.05, 0.1) is 0 Å². The van der Waals surface area contributed by atoms with Gasteiger partial charge in [0.15, 0.2) is 5.96 Å². The molecule has 0 aromatic heterocycles. The second-order valence-corrected chi connectivity index (χ2v) is 3.68. The Morgan fingerprint density at radius 3 is 2.94 bits per heavy atom. The summed E-state index contributed by atoms with van der Waals surface area (Å²) in [7, 11) is 0. The molecule has 1 heterocycles. The van der Waals surface area contributed by atoms with Crippen LogP contribution in [0.3, 0.4) is 0 Å². The zero-order chi connectivity index (χ0) is 12.1. The molecule has 1 amide bonds. The second-order valence-electron chi connectivity index (χ2n) is 3.68. The molecule has 0 bridgehead atoms. The Morgan fingerprint density at radius 1 is 1.75 bits per heavy atom. The summed E-state index contributed by atoms with van der Waals surface area (Å²) in [6, 6.07) is -1.12. The van der Waals surface area contributed by atoms with E-state index in [1.807, 2.05) is 0 Å². The van der Waals surface area contributed by atoms with Crippen molar-refractivity contribution in [1.82, 2.24) is 10.6 Å². The number of carboxylic acid groups (broad SMARTS) is 1. The Kier molecular flexibility index (Phi) is 4.24. The molecule has 7 heteroatoms. The van der Waals surface area contributed by atoms with Crippen molar-refractivity contribution >= 4 is 17.8 Å². The summed E-state index contributed by atoms with van der Waals surface area (Å²) in [5, 5.41) is 14.3. The molecule has 0 aromatic rings. The van der Waals surface area contributed by atoms with Gasteiger partial charge in [0, 0.05) is 6.54 Å². The monoisotopic (exact) mass is 228 g/mol. The van der Waals surface area contributed by atoms with E-state index in [1.165, 1.54) is 0 Å². The molecular formula is C9H16N4O3. The average Bonchev–Trinajstić information content (AvgIpc) is 2.53. The van der Waals surface area contributed by atoms with Crippen molar-refractivity contribution < 1.29 is 14.7 Å². The van der Waals surface area contributed by atoms with Gasteiger partial charge in [0.25, 0.3) is 5.91 Å². The Balaban J connectivity index is 2.15. The van der Waals surface area contributed by atoms with Gasteiger partial charge in [-0.05, 0) is 19.8 Å². The van der Waals surface area contributed by atoms with Crippen LogP contribution in [0.1, 0.15) is 19.8 Å². The number of amides is 1. The molecule has 1 aliphatic heterocycles. The normalized spacial score (nSPS) is 21.2. The first kappa shape index (κ1) is 12.4. The highest BCUT2D eigenvalue weighted by Gasteiger charge is 2.21. The van der Waals surface area contributed by atoms with E-state index in [0.29, 0.717) is 25.3 Å². The van der Waals surface area contributed by atoms with E-state index in [2.05, 4.69) is 15.6 Å². The smallest absolute Gasteiger partial charge is 0.320 e. The molecule has 0 saturated heterocycles. The molecule has 0 spiro atoms. The van der Waals surface area contributed by atoms with E-state index in [9.17, 15) is 9.59 Å². The van der Waals surface area contributed by atoms with Crippen molar-refractivity contribution in [3.63, 3.8) is 0 Å². The summed E-state index contributed by atoms with van der Waals surface area (Å²) in [4.78, 5) is 25.2. The summed E-state index contributed by atoms with van der Waals surface area (Å²) in [6.45, 7) is 2.26. The summed E-state index contributed by atoms with van der Waals surface area (Å²) in [5.74, 6) is -0.758. The minimum absolute atomic E-state index is 0.204. The number of hydrogen-bond acceptors (Lipinski definition) is 5. The second kappa shape index (κ2) is 5.45. The third-order valence-corrected chi connectivity index (χ3v) is 2.25. The van der Waals surface area contributed by atoms with E-state index in [-0.39, 0.29) is 11.9 Å². The molecule has 1 rings (SSSR count). The maximum atomic E-state index is 11.0. The summed E-state index contributed by atoms with van der Waals surface area (Å²) < 4.78 is 0. The maximum absolute atomic E-state index is 11.0. The number of guanidine groups is 1. The number of carbonyl (C=O) groups is 2. The number of carbonyl (C=O) groups excluding carboxylic acids is 1. The van der Waals surface area contributed by atoms with Crippen LogP contribution in [-0.4, -0.2) is 41.6 Å². The Bertz CT molecular complexity index is 316. The van der Waals surface area contributed by atoms with Crippen LogP contribution in [0.15, 0.2) is 4.99 Å². The molecule has 1 aliphatic rings. The van der Waals surface area contributed by atoms with Crippen LogP contribution in [0, 0.1) is 0 Å². The van der Waals surface area contributed by atoms with E-state index >= 15 is 0 Å². The topological polar surface area (TPSA) is 117 Å². The largest absolute Gasteiger partial charge is 0.480 e. The Hall–Kier alpha value is -1.63. The number of hydrogen-bond donors (Lipinski definition) is 4. The lowest BCUT2D eigenvalue weighted by atomic mass is 10.2. The van der Waals surface area contributed by atoms with E-state index < -0.39 is 12.0 Å². The van der Waals surface area contributed by atoms with Gasteiger partial charge in [0.2, 0.25) is 0 Å². The highest BCUT2D eigenvalue weighted by atomic mass is 16.4. The zero-order valence-electron chi connectivity index (χ0n) is 9.06. The number of rotatable bonds is 5. The number of nitrogens with one attached hydrogen (secondary N) is 2. The van der Waals surface area contributed by atoms with Crippen LogP contribution in [0.5, 0.6) is 0 Å². The first-order chi connectivity index (χ1) is 7.50. The minimum atomic E-state index is -1.000. The quantitative estimate of drug-likeness (QED) is 0.432. The van der Waals surface area contributed by atoms with Crippen molar-refractivity contribution in [2.75, 3.05) is 6.54 Å². The first-order valence-electron chi connectivity index (χ1n) is 5.12. The molecule has 0 aromatic carbocycles. The molecule has 0 radical (unpaired) electrons. The van der Waals surface area contributed by atoms with Gasteiger partial charge in [-0.15, -0.1) is 0 Å². The van der Waals surface area contributed by atoms with Crippen molar-refractivity contribution in [2.45, 2.75) is 31.8 Å². The van der Waals surface area contributed by atoms with E-state index in [1.54, 1.807) is 6.92 Å². The van der Waals surface area contributed by atoms with Crippen LogP contribution in [0.4, 0.5) is 0 Å². The van der Waals surface area contributed by atoms with E-state index in [4.69, 9.17) is 10.8 Å². The first-order valence-corrected chi connectivity index (χ1v) is 5.12. The van der Waals surface area contributed by atoms with Gasteiger partial charge in [0.1, 0.15) is 12.1 Å². The van der Waals surface area contributed by atoms with Gasteiger partial charge in [-0.2, -0.15) is 4.99 Å². The lowest BCUT2D eigenvalue weighted by Gasteiger charge is -2.09. The van der Waals surface area contributed by atoms with Crippen molar-refractivity contribution in [3.8, 4) is 0 Å². The molecule has 0 saturated carbocycles. The van der Waals surface area contributed by atoms with Crippen LogP contribution in [0.2, 0.25) is 0 Å². The van der Waals surface area contributed by atoms with Crippen LogP contribution >= 0.6 is 0 Å².